The Balaban J connectivity index is 1.65. The molecule has 22 heavy (non-hydrogen) atoms. The average Bonchev–Trinajstić information content (AvgIpc) is 2.97. The second kappa shape index (κ2) is 6.44. The third-order valence-corrected chi connectivity index (χ3v) is 3.53. The number of nitrogens with one attached hydrogen (secondary N) is 2. The van der Waals surface area contributed by atoms with Gasteiger partial charge in [0.1, 0.15) is 5.02 Å². The van der Waals surface area contributed by atoms with Crippen LogP contribution in [0, 0.1) is 0 Å². The summed E-state index contributed by atoms with van der Waals surface area (Å²) in [6.45, 7) is 1.23. The van der Waals surface area contributed by atoms with Crippen molar-refractivity contribution in [2.75, 3.05) is 5.32 Å². The molecular formula is C15H14ClN5O. The summed E-state index contributed by atoms with van der Waals surface area (Å²) in [6.07, 6.45) is 5.22. The van der Waals surface area contributed by atoms with Crippen molar-refractivity contribution in [1.29, 1.82) is 0 Å². The molecule has 0 amide bonds. The van der Waals surface area contributed by atoms with Gasteiger partial charge in [-0.25, -0.2) is 5.10 Å². The summed E-state index contributed by atoms with van der Waals surface area (Å²) in [5.41, 5.74) is 2.27. The van der Waals surface area contributed by atoms with Crippen LogP contribution in [0.3, 0.4) is 0 Å². The lowest BCUT2D eigenvalue weighted by Gasteiger charge is -2.05. The van der Waals surface area contributed by atoms with Crippen molar-refractivity contribution in [3.05, 3.63) is 75.4 Å². The Morgan fingerprint density at radius 2 is 2.00 bits per heavy atom. The van der Waals surface area contributed by atoms with Crippen LogP contribution in [0.15, 0.2) is 53.7 Å². The van der Waals surface area contributed by atoms with Gasteiger partial charge in [-0.3, -0.25) is 9.48 Å². The summed E-state index contributed by atoms with van der Waals surface area (Å²) >= 11 is 5.90. The van der Waals surface area contributed by atoms with E-state index in [-0.39, 0.29) is 5.02 Å². The molecule has 0 radical (unpaired) electrons. The Morgan fingerprint density at radius 1 is 1.18 bits per heavy atom. The van der Waals surface area contributed by atoms with Crippen LogP contribution >= 0.6 is 11.6 Å². The summed E-state index contributed by atoms with van der Waals surface area (Å²) in [5, 5.41) is 13.5. The first-order chi connectivity index (χ1) is 10.7. The second-order valence-electron chi connectivity index (χ2n) is 4.81. The molecule has 0 spiro atoms. The normalized spacial score (nSPS) is 10.6. The van der Waals surface area contributed by atoms with E-state index in [0.29, 0.717) is 18.8 Å². The molecule has 1 aromatic carbocycles. The highest BCUT2D eigenvalue weighted by Crippen LogP contribution is 2.15. The van der Waals surface area contributed by atoms with Gasteiger partial charge in [0.2, 0.25) is 0 Å². The van der Waals surface area contributed by atoms with Gasteiger partial charge < -0.3 is 5.32 Å². The molecular weight excluding hydrogens is 302 g/mol. The van der Waals surface area contributed by atoms with Crippen LogP contribution < -0.4 is 10.9 Å². The standard InChI is InChI=1S/C15H14ClN5O/c16-14-13(8-18-20-15(14)22)17-6-12-7-19-21(10-12)9-11-4-2-1-3-5-11/h1-5,7-8,10H,6,9H2,(H2,17,20,22). The fraction of sp³-hybridized carbons (Fsp3) is 0.133. The summed E-state index contributed by atoms with van der Waals surface area (Å²) < 4.78 is 1.87. The Bertz CT molecular complexity index is 812. The predicted molar refractivity (Wildman–Crippen MR) is 85.0 cm³/mol. The van der Waals surface area contributed by atoms with E-state index in [4.69, 9.17) is 11.6 Å². The van der Waals surface area contributed by atoms with E-state index in [0.717, 1.165) is 5.56 Å². The number of anilines is 1. The van der Waals surface area contributed by atoms with E-state index in [1.54, 1.807) is 6.20 Å². The van der Waals surface area contributed by atoms with E-state index < -0.39 is 5.56 Å². The van der Waals surface area contributed by atoms with Crippen LogP contribution in [0.25, 0.3) is 0 Å². The summed E-state index contributed by atoms with van der Waals surface area (Å²) in [7, 11) is 0. The molecule has 0 fully saturated rings. The van der Waals surface area contributed by atoms with Crippen molar-refractivity contribution in [3.8, 4) is 0 Å². The highest BCUT2D eigenvalue weighted by molar-refractivity contribution is 6.32. The van der Waals surface area contributed by atoms with Crippen LogP contribution in [-0.2, 0) is 13.1 Å². The molecule has 3 aromatic rings. The molecule has 2 aromatic heterocycles. The molecule has 0 saturated heterocycles. The lowest BCUT2D eigenvalue weighted by Crippen LogP contribution is -2.11. The molecule has 0 aliphatic rings. The van der Waals surface area contributed by atoms with Crippen molar-refractivity contribution in [2.24, 2.45) is 0 Å². The Kier molecular flexibility index (Phi) is 4.20. The lowest BCUT2D eigenvalue weighted by molar-refractivity contribution is 0.686. The van der Waals surface area contributed by atoms with Crippen LogP contribution in [0.2, 0.25) is 5.02 Å². The van der Waals surface area contributed by atoms with E-state index in [2.05, 4.69) is 32.7 Å². The van der Waals surface area contributed by atoms with Gasteiger partial charge in [0, 0.05) is 18.3 Å². The number of H-pyrrole nitrogens is 1. The maximum atomic E-state index is 11.4. The monoisotopic (exact) mass is 315 g/mol. The number of aromatic nitrogens is 4. The largest absolute Gasteiger partial charge is 0.378 e. The maximum absolute atomic E-state index is 11.4. The van der Waals surface area contributed by atoms with E-state index in [9.17, 15) is 4.79 Å². The number of aromatic amines is 1. The smallest absolute Gasteiger partial charge is 0.285 e. The second-order valence-corrected chi connectivity index (χ2v) is 5.19. The molecule has 0 atom stereocenters. The molecule has 2 N–H and O–H groups in total. The summed E-state index contributed by atoms with van der Waals surface area (Å²) in [4.78, 5) is 11.4. The molecule has 7 heteroatoms. The van der Waals surface area contributed by atoms with Gasteiger partial charge in [-0.1, -0.05) is 41.9 Å². The first kappa shape index (κ1) is 14.3. The zero-order valence-electron chi connectivity index (χ0n) is 11.7. The molecule has 0 saturated carbocycles. The van der Waals surface area contributed by atoms with Crippen LogP contribution in [0.1, 0.15) is 11.1 Å². The fourth-order valence-corrected chi connectivity index (χ4v) is 2.22. The van der Waals surface area contributed by atoms with Crippen molar-refractivity contribution in [1.82, 2.24) is 20.0 Å². The highest BCUT2D eigenvalue weighted by atomic mass is 35.5. The van der Waals surface area contributed by atoms with Gasteiger partial charge in [-0.15, -0.1) is 0 Å². The van der Waals surface area contributed by atoms with Gasteiger partial charge in [0.05, 0.1) is 24.6 Å². The lowest BCUT2D eigenvalue weighted by atomic mass is 10.2. The number of rotatable bonds is 5. The molecule has 112 valence electrons. The van der Waals surface area contributed by atoms with Crippen LogP contribution in [-0.4, -0.2) is 20.0 Å². The first-order valence-electron chi connectivity index (χ1n) is 6.74. The Labute approximate surface area is 131 Å². The van der Waals surface area contributed by atoms with Crippen molar-refractivity contribution >= 4 is 17.3 Å². The third-order valence-electron chi connectivity index (χ3n) is 3.15. The van der Waals surface area contributed by atoms with Gasteiger partial charge in [0.15, 0.2) is 0 Å². The van der Waals surface area contributed by atoms with E-state index in [1.807, 2.05) is 29.1 Å². The van der Waals surface area contributed by atoms with Crippen LogP contribution in [0.5, 0.6) is 0 Å². The fourth-order valence-electron chi connectivity index (χ4n) is 2.06. The number of hydrogen-bond acceptors (Lipinski definition) is 4. The first-order valence-corrected chi connectivity index (χ1v) is 7.12. The third kappa shape index (κ3) is 3.35. The van der Waals surface area contributed by atoms with Crippen molar-refractivity contribution < 1.29 is 0 Å². The minimum atomic E-state index is -0.411. The van der Waals surface area contributed by atoms with Crippen molar-refractivity contribution in [2.45, 2.75) is 13.1 Å². The minimum Gasteiger partial charge on any atom is -0.378 e. The highest BCUT2D eigenvalue weighted by Gasteiger charge is 2.05. The number of benzene rings is 1. The zero-order valence-corrected chi connectivity index (χ0v) is 12.4. The minimum absolute atomic E-state index is 0.103. The Hall–Kier alpha value is -2.60. The Morgan fingerprint density at radius 3 is 2.82 bits per heavy atom. The van der Waals surface area contributed by atoms with E-state index in [1.165, 1.54) is 11.8 Å². The molecule has 0 bridgehead atoms. The summed E-state index contributed by atoms with van der Waals surface area (Å²) in [5.74, 6) is 0. The number of halogens is 1. The topological polar surface area (TPSA) is 75.6 Å². The predicted octanol–water partition coefficient (Wildman–Crippen LogP) is 2.28. The molecule has 3 rings (SSSR count). The van der Waals surface area contributed by atoms with E-state index >= 15 is 0 Å². The number of hydrogen-bond donors (Lipinski definition) is 2. The molecule has 6 nitrogen and oxygen atoms in total. The molecule has 0 aliphatic carbocycles. The SMILES string of the molecule is O=c1[nH]ncc(NCc2cnn(Cc3ccccc3)c2)c1Cl. The molecule has 0 unspecified atom stereocenters. The van der Waals surface area contributed by atoms with Crippen molar-refractivity contribution in [3.63, 3.8) is 0 Å². The maximum Gasteiger partial charge on any atom is 0.285 e. The van der Waals surface area contributed by atoms with Gasteiger partial charge in [0.25, 0.3) is 5.56 Å². The van der Waals surface area contributed by atoms with Gasteiger partial charge >= 0.3 is 0 Å². The average molecular weight is 316 g/mol. The van der Waals surface area contributed by atoms with Gasteiger partial charge in [-0.2, -0.15) is 10.2 Å². The van der Waals surface area contributed by atoms with Gasteiger partial charge in [-0.05, 0) is 5.56 Å². The zero-order chi connectivity index (χ0) is 15.4. The number of nitrogens with zero attached hydrogens (tertiary/aromatic N) is 3. The summed E-state index contributed by atoms with van der Waals surface area (Å²) in [6, 6.07) is 10.1. The quantitative estimate of drug-likeness (QED) is 0.757. The molecule has 2 heterocycles. The van der Waals surface area contributed by atoms with Crippen LogP contribution in [0.4, 0.5) is 5.69 Å². The molecule has 0 aliphatic heterocycles.